The van der Waals surface area contributed by atoms with E-state index in [0.717, 1.165) is 27.4 Å². The topological polar surface area (TPSA) is 204 Å². The molecule has 1 aromatic heterocycles. The summed E-state index contributed by atoms with van der Waals surface area (Å²) in [6, 6.07) is 19.9. The number of nitrogens with zero attached hydrogens (tertiary/aromatic N) is 3. The number of nitriles is 1. The zero-order chi connectivity index (χ0) is 50.8. The number of carbonyl (C=O) groups is 4. The number of rotatable bonds is 18. The zero-order valence-electron chi connectivity index (χ0n) is 41.5. The van der Waals surface area contributed by atoms with Crippen LogP contribution in [0.15, 0.2) is 72.2 Å². The van der Waals surface area contributed by atoms with Crippen molar-refractivity contribution in [3.63, 3.8) is 0 Å². The molecule has 0 bridgehead atoms. The molecule has 3 aliphatic rings. The summed E-state index contributed by atoms with van der Waals surface area (Å²) < 4.78 is 17.9. The molecule has 70 heavy (non-hydrogen) atoms. The van der Waals surface area contributed by atoms with Gasteiger partial charge in [-0.1, -0.05) is 84.3 Å². The number of hydrogen-bond donors (Lipinski definition) is 5. The summed E-state index contributed by atoms with van der Waals surface area (Å²) in [5, 5.41) is 32.9. The van der Waals surface area contributed by atoms with Gasteiger partial charge in [-0.15, -0.1) is 11.3 Å². The molecule has 2 saturated heterocycles. The Hall–Kier alpha value is -5.57. The molecule has 0 spiro atoms. The zero-order valence-corrected chi connectivity index (χ0v) is 43.1. The molecule has 5 N–H and O–H groups in total. The summed E-state index contributed by atoms with van der Waals surface area (Å²) in [4.78, 5) is 61.6. The third-order valence-electron chi connectivity index (χ3n) is 14.1. The number of aliphatic hydroxyl groups is 1. The van der Waals surface area contributed by atoms with Gasteiger partial charge in [-0.05, 0) is 73.2 Å². The summed E-state index contributed by atoms with van der Waals surface area (Å²) in [6.07, 6.45) is -0.416. The number of aromatic nitrogens is 1. The summed E-state index contributed by atoms with van der Waals surface area (Å²) in [7, 11) is 0. The minimum atomic E-state index is -0.984. The Morgan fingerprint density at radius 2 is 1.70 bits per heavy atom. The molecule has 17 heteroatoms. The van der Waals surface area contributed by atoms with E-state index in [2.05, 4.69) is 60.0 Å². The average molecular weight is 997 g/mol. The Morgan fingerprint density at radius 1 is 1.01 bits per heavy atom. The number of ether oxygens (including phenoxy) is 3. The number of likely N-dealkylation sites (tertiary alicyclic amines) is 1. The average Bonchev–Trinajstić information content (AvgIpc) is 3.92. The van der Waals surface area contributed by atoms with Gasteiger partial charge >= 0.3 is 0 Å². The number of aryl methyl sites for hydroxylation is 1. The Morgan fingerprint density at radius 3 is 2.29 bits per heavy atom. The molecule has 3 heterocycles. The van der Waals surface area contributed by atoms with Gasteiger partial charge in [0.1, 0.15) is 36.6 Å². The summed E-state index contributed by atoms with van der Waals surface area (Å²) in [5.41, 5.74) is 4.71. The molecule has 1 saturated carbocycles. The Bertz CT molecular complexity index is 2570. The minimum Gasteiger partial charge on any atom is -0.489 e. The van der Waals surface area contributed by atoms with E-state index in [-0.39, 0.29) is 61.6 Å². The molecular formula is C53H66ClN7O8S. The van der Waals surface area contributed by atoms with Crippen molar-refractivity contribution in [1.82, 2.24) is 25.8 Å². The van der Waals surface area contributed by atoms with Gasteiger partial charge in [-0.3, -0.25) is 19.2 Å². The Labute approximate surface area is 420 Å². The van der Waals surface area contributed by atoms with Crippen molar-refractivity contribution in [2.75, 3.05) is 44.8 Å². The van der Waals surface area contributed by atoms with Crippen LogP contribution < -0.4 is 26.0 Å². The molecule has 4 amide bonds. The van der Waals surface area contributed by atoms with Crippen LogP contribution in [0.4, 0.5) is 5.69 Å². The lowest BCUT2D eigenvalue weighted by molar-refractivity contribution is -0.164. The number of nitrogens with one attached hydrogen (secondary N) is 4. The fourth-order valence-electron chi connectivity index (χ4n) is 10.2. The number of hydrogen-bond acceptors (Lipinski definition) is 12. The molecule has 1 aliphatic carbocycles. The van der Waals surface area contributed by atoms with Gasteiger partial charge in [0.05, 0.1) is 52.0 Å². The predicted octanol–water partition coefficient (Wildman–Crippen LogP) is 7.46. The van der Waals surface area contributed by atoms with Gasteiger partial charge < -0.3 is 45.5 Å². The van der Waals surface area contributed by atoms with Crippen LogP contribution in [0.3, 0.4) is 0 Å². The van der Waals surface area contributed by atoms with Crippen molar-refractivity contribution >= 4 is 52.3 Å². The van der Waals surface area contributed by atoms with Gasteiger partial charge in [-0.2, -0.15) is 5.26 Å². The van der Waals surface area contributed by atoms with Crippen molar-refractivity contribution in [3.8, 4) is 22.3 Å². The number of aliphatic hydroxyl groups excluding tert-OH is 1. The van der Waals surface area contributed by atoms with E-state index < -0.39 is 46.2 Å². The number of amides is 4. The summed E-state index contributed by atoms with van der Waals surface area (Å²) in [6.45, 7) is 19.2. The van der Waals surface area contributed by atoms with Crippen LogP contribution >= 0.6 is 22.9 Å². The smallest absolute Gasteiger partial charge is 0.251 e. The molecule has 4 aromatic rings. The third-order valence-corrected chi connectivity index (χ3v) is 15.4. The van der Waals surface area contributed by atoms with E-state index in [0.29, 0.717) is 48.1 Å². The maximum atomic E-state index is 14.2. The first-order chi connectivity index (χ1) is 33.0. The molecule has 1 unspecified atom stereocenters. The van der Waals surface area contributed by atoms with Crippen molar-refractivity contribution in [1.29, 1.82) is 5.26 Å². The van der Waals surface area contributed by atoms with E-state index in [1.165, 1.54) is 4.90 Å². The molecule has 3 aromatic carbocycles. The second-order valence-electron chi connectivity index (χ2n) is 21.4. The van der Waals surface area contributed by atoms with Crippen LogP contribution in [0.2, 0.25) is 5.02 Å². The van der Waals surface area contributed by atoms with Crippen molar-refractivity contribution in [2.24, 2.45) is 21.7 Å². The highest BCUT2D eigenvalue weighted by Crippen LogP contribution is 2.55. The number of halogens is 1. The first-order valence-electron chi connectivity index (χ1n) is 23.8. The van der Waals surface area contributed by atoms with E-state index in [9.17, 15) is 29.5 Å². The van der Waals surface area contributed by atoms with Gasteiger partial charge in [0.25, 0.3) is 5.91 Å². The van der Waals surface area contributed by atoms with E-state index in [4.69, 9.17) is 25.8 Å². The number of benzene rings is 3. The van der Waals surface area contributed by atoms with E-state index >= 15 is 0 Å². The molecule has 15 nitrogen and oxygen atoms in total. The Balaban J connectivity index is 0.859. The maximum Gasteiger partial charge on any atom is 0.251 e. The molecule has 4 atom stereocenters. The largest absolute Gasteiger partial charge is 0.489 e. The second-order valence-corrected chi connectivity index (χ2v) is 22.7. The quantitative estimate of drug-likeness (QED) is 0.0619. The molecule has 374 valence electrons. The van der Waals surface area contributed by atoms with E-state index in [1.54, 1.807) is 41.7 Å². The summed E-state index contributed by atoms with van der Waals surface area (Å²) >= 11 is 7.83. The first kappa shape index (κ1) is 52.3. The number of carbonyl (C=O) groups excluding carboxylic acids is 4. The Kier molecular flexibility index (Phi) is 15.7. The molecule has 3 fully saturated rings. The van der Waals surface area contributed by atoms with Crippen LogP contribution in [0.5, 0.6) is 5.75 Å². The second kappa shape index (κ2) is 21.0. The molecule has 7 rings (SSSR count). The van der Waals surface area contributed by atoms with Gasteiger partial charge in [0.15, 0.2) is 0 Å². The normalized spacial score (nSPS) is 21.8. The van der Waals surface area contributed by atoms with Crippen LogP contribution in [0.1, 0.15) is 101 Å². The number of β-amino-alcohol motifs (C(OH)–C–C–N with tert-alkyl or cyclic N) is 1. The minimum absolute atomic E-state index is 0.0284. The number of anilines is 1. The van der Waals surface area contributed by atoms with Crippen molar-refractivity contribution in [2.45, 2.75) is 112 Å². The predicted molar refractivity (Wildman–Crippen MR) is 269 cm³/mol. The maximum absolute atomic E-state index is 14.2. The van der Waals surface area contributed by atoms with Crippen molar-refractivity contribution in [3.05, 3.63) is 99.6 Å². The lowest BCUT2D eigenvalue weighted by atomic mass is 9.49. The highest BCUT2D eigenvalue weighted by Gasteiger charge is 2.64. The highest BCUT2D eigenvalue weighted by atomic mass is 35.5. The van der Waals surface area contributed by atoms with Crippen LogP contribution in [0.25, 0.3) is 10.4 Å². The van der Waals surface area contributed by atoms with Crippen LogP contribution in [-0.4, -0.2) is 108 Å². The standard InChI is InChI=1S/C53H66ClN7O8S/c1-31(33-10-12-34(13-11-33)43-32(2)57-30-70-43)58-46(65)41-22-38(62)25-61(41)47(66)44(50(3,4)5)59-42(63)26-67-21-20-53(28-68-29-53)27-56-37-17-14-35(15-18-37)45(64)60-48-51(6,7)49(52(48,8)9)69-39-19-16-36(24-55)40(54)23-39/h10-19,23,30-31,38,41,44,48-49,56,62H,20-22,25-29H2,1-9H3,(H,58,65)(H,59,63)(H,60,64)/t31-,38+,41-,44?,48?,49?/m0/s1. The third kappa shape index (κ3) is 11.5. The monoisotopic (exact) mass is 995 g/mol. The van der Waals surface area contributed by atoms with Gasteiger partial charge in [0.2, 0.25) is 17.7 Å². The lowest BCUT2D eigenvalue weighted by Gasteiger charge is -2.63. The van der Waals surface area contributed by atoms with Crippen molar-refractivity contribution < 1.29 is 38.5 Å². The van der Waals surface area contributed by atoms with Crippen LogP contribution in [0, 0.1) is 39.9 Å². The SMILES string of the molecule is Cc1ncsc1-c1ccc([C@H](C)NC(=O)[C@@H]2C[C@@H](O)CN2C(=O)C(NC(=O)COCCC2(CNc3ccc(C(=O)NC4C(C)(C)C(Oc5ccc(C#N)c(Cl)c5)C4(C)C)cc3)COC2)C(C)(C)C)cc1. The molecular weight excluding hydrogens is 930 g/mol. The van der Waals surface area contributed by atoms with Gasteiger partial charge in [0, 0.05) is 65.7 Å². The fourth-order valence-corrected chi connectivity index (χ4v) is 11.3. The van der Waals surface area contributed by atoms with Gasteiger partial charge in [-0.25, -0.2) is 4.98 Å². The highest BCUT2D eigenvalue weighted by molar-refractivity contribution is 7.13. The molecule has 2 aliphatic heterocycles. The molecule has 0 radical (unpaired) electrons. The lowest BCUT2D eigenvalue weighted by Crippen LogP contribution is -2.74. The van der Waals surface area contributed by atoms with Crippen LogP contribution in [-0.2, 0) is 23.9 Å². The summed E-state index contributed by atoms with van der Waals surface area (Å²) in [5.74, 6) is -0.905. The number of thiazole rings is 1. The first-order valence-corrected chi connectivity index (χ1v) is 25.0. The fraction of sp³-hybridized carbons (Fsp3) is 0.509. The van der Waals surface area contributed by atoms with E-state index in [1.807, 2.05) is 76.5 Å².